The normalized spacial score (nSPS) is 14.1. The lowest BCUT2D eigenvalue weighted by Gasteiger charge is -2.14. The Morgan fingerprint density at radius 2 is 2.06 bits per heavy atom. The summed E-state index contributed by atoms with van der Waals surface area (Å²) in [6.07, 6.45) is 0. The highest BCUT2D eigenvalue weighted by molar-refractivity contribution is 5.76. The van der Waals surface area contributed by atoms with Gasteiger partial charge in [0.25, 0.3) is 0 Å². The number of carbonyl (C=O) groups is 1. The third-order valence-corrected chi connectivity index (χ3v) is 2.70. The Balaban J connectivity index is 2.70. The van der Waals surface area contributed by atoms with Crippen LogP contribution in [0.25, 0.3) is 0 Å². The smallest absolute Gasteiger partial charge is 0.223 e. The predicted molar refractivity (Wildman–Crippen MR) is 67.6 cm³/mol. The van der Waals surface area contributed by atoms with Crippen molar-refractivity contribution in [3.63, 3.8) is 0 Å². The predicted octanol–water partition coefficient (Wildman–Crippen LogP) is 1.51. The van der Waals surface area contributed by atoms with Gasteiger partial charge in [-0.1, -0.05) is 19.1 Å². The van der Waals surface area contributed by atoms with Gasteiger partial charge in [0.1, 0.15) is 5.75 Å². The molecule has 1 unspecified atom stereocenters. The fraction of sp³-hybridized carbons (Fsp3) is 0.462. The molecule has 0 aliphatic heterocycles. The summed E-state index contributed by atoms with van der Waals surface area (Å²) in [5.74, 6) is 0.125. The molecule has 17 heavy (non-hydrogen) atoms. The molecule has 0 aliphatic rings. The first kappa shape index (κ1) is 13.5. The van der Waals surface area contributed by atoms with Crippen LogP contribution in [0.15, 0.2) is 18.2 Å². The van der Waals surface area contributed by atoms with E-state index in [1.165, 1.54) is 0 Å². The number of rotatable bonds is 5. The van der Waals surface area contributed by atoms with Gasteiger partial charge in [-0.3, -0.25) is 4.79 Å². The molecule has 1 rings (SSSR count). The highest BCUT2D eigenvalue weighted by atomic mass is 16.5. The molecule has 1 aromatic rings. The van der Waals surface area contributed by atoms with E-state index >= 15 is 0 Å². The lowest BCUT2D eigenvalue weighted by atomic mass is 10.1. The minimum Gasteiger partial charge on any atom is -0.493 e. The van der Waals surface area contributed by atoms with Crippen molar-refractivity contribution in [2.45, 2.75) is 26.8 Å². The molecule has 0 radical (unpaired) electrons. The summed E-state index contributed by atoms with van der Waals surface area (Å²) in [6.45, 7) is 5.93. The molecule has 0 heterocycles. The van der Waals surface area contributed by atoms with Crippen molar-refractivity contribution >= 4 is 5.91 Å². The van der Waals surface area contributed by atoms with Crippen molar-refractivity contribution in [1.82, 2.24) is 0 Å². The Bertz CT molecular complexity index is 402. The van der Waals surface area contributed by atoms with Gasteiger partial charge >= 0.3 is 0 Å². The third kappa shape index (κ3) is 3.75. The first-order chi connectivity index (χ1) is 7.91. The Morgan fingerprint density at radius 3 is 2.53 bits per heavy atom. The molecule has 1 aromatic carbocycles. The number of ether oxygens (including phenoxy) is 1. The first-order valence-electron chi connectivity index (χ1n) is 5.70. The number of hydrogen-bond acceptors (Lipinski definition) is 3. The zero-order valence-corrected chi connectivity index (χ0v) is 10.6. The van der Waals surface area contributed by atoms with Gasteiger partial charge in [-0.25, -0.2) is 0 Å². The second-order valence-electron chi connectivity index (χ2n) is 4.43. The molecular formula is C13H20N2O2. The van der Waals surface area contributed by atoms with Gasteiger partial charge in [0.15, 0.2) is 0 Å². The average molecular weight is 236 g/mol. The lowest BCUT2D eigenvalue weighted by Crippen LogP contribution is -2.25. The van der Waals surface area contributed by atoms with Crippen LogP contribution in [-0.2, 0) is 4.79 Å². The van der Waals surface area contributed by atoms with Crippen LogP contribution in [-0.4, -0.2) is 12.5 Å². The van der Waals surface area contributed by atoms with Crippen molar-refractivity contribution in [3.05, 3.63) is 29.3 Å². The van der Waals surface area contributed by atoms with E-state index in [1.54, 1.807) is 6.92 Å². The minimum atomic E-state index is -0.352. The van der Waals surface area contributed by atoms with Crippen LogP contribution in [0, 0.1) is 12.8 Å². The van der Waals surface area contributed by atoms with E-state index in [1.807, 2.05) is 32.0 Å². The number of carbonyl (C=O) groups excluding carboxylic acids is 1. The van der Waals surface area contributed by atoms with Crippen LogP contribution in [0.2, 0.25) is 0 Å². The maximum absolute atomic E-state index is 10.9. The summed E-state index contributed by atoms with van der Waals surface area (Å²) in [5.41, 5.74) is 13.0. The van der Waals surface area contributed by atoms with E-state index in [-0.39, 0.29) is 17.9 Å². The number of primary amides is 1. The van der Waals surface area contributed by atoms with Gasteiger partial charge in [0.05, 0.1) is 12.5 Å². The number of aryl methyl sites for hydroxylation is 1. The molecule has 1 amide bonds. The maximum Gasteiger partial charge on any atom is 0.223 e. The van der Waals surface area contributed by atoms with Gasteiger partial charge < -0.3 is 16.2 Å². The monoisotopic (exact) mass is 236 g/mol. The standard InChI is InChI=1S/C13H20N2O2/c1-8-6-11(10(3)14)4-5-12(8)17-7-9(2)13(15)16/h4-6,9-10H,7,14H2,1-3H3,(H2,15,16)/t9?,10-/m1/s1. The zero-order chi connectivity index (χ0) is 13.0. The Hall–Kier alpha value is -1.55. The van der Waals surface area contributed by atoms with Crippen LogP contribution >= 0.6 is 0 Å². The zero-order valence-electron chi connectivity index (χ0n) is 10.6. The molecule has 4 nitrogen and oxygen atoms in total. The molecule has 94 valence electrons. The molecule has 0 aliphatic carbocycles. The topological polar surface area (TPSA) is 78.3 Å². The largest absolute Gasteiger partial charge is 0.493 e. The molecule has 0 spiro atoms. The molecule has 4 N–H and O–H groups in total. The molecule has 2 atom stereocenters. The fourth-order valence-electron chi connectivity index (χ4n) is 1.41. The molecule has 0 saturated carbocycles. The van der Waals surface area contributed by atoms with Crippen LogP contribution in [0.4, 0.5) is 0 Å². The third-order valence-electron chi connectivity index (χ3n) is 2.70. The molecule has 4 heteroatoms. The summed E-state index contributed by atoms with van der Waals surface area (Å²) in [4.78, 5) is 10.9. The van der Waals surface area contributed by atoms with Gasteiger partial charge in [-0.2, -0.15) is 0 Å². The SMILES string of the molecule is Cc1cc([C@@H](C)N)ccc1OCC(C)C(N)=O. The van der Waals surface area contributed by atoms with E-state index in [2.05, 4.69) is 0 Å². The molecule has 0 saturated heterocycles. The quantitative estimate of drug-likeness (QED) is 0.813. The Labute approximate surface area is 102 Å². The molecule has 0 aromatic heterocycles. The van der Waals surface area contributed by atoms with Crippen molar-refractivity contribution in [2.75, 3.05) is 6.61 Å². The molecule has 0 bridgehead atoms. The summed E-state index contributed by atoms with van der Waals surface area (Å²) < 4.78 is 5.55. The number of nitrogens with two attached hydrogens (primary N) is 2. The summed E-state index contributed by atoms with van der Waals surface area (Å²) in [6, 6.07) is 5.81. The number of amides is 1. The van der Waals surface area contributed by atoms with Gasteiger partial charge in [-0.15, -0.1) is 0 Å². The van der Waals surface area contributed by atoms with E-state index < -0.39 is 0 Å². The number of benzene rings is 1. The maximum atomic E-state index is 10.9. The minimum absolute atomic E-state index is 0.00675. The lowest BCUT2D eigenvalue weighted by molar-refractivity contribution is -0.122. The average Bonchev–Trinajstić information content (AvgIpc) is 2.26. The van der Waals surface area contributed by atoms with Crippen molar-refractivity contribution in [1.29, 1.82) is 0 Å². The Kier molecular flexibility index (Phi) is 4.52. The first-order valence-corrected chi connectivity index (χ1v) is 5.70. The summed E-state index contributed by atoms with van der Waals surface area (Å²) in [5, 5.41) is 0. The fourth-order valence-corrected chi connectivity index (χ4v) is 1.41. The van der Waals surface area contributed by atoms with Crippen molar-refractivity contribution < 1.29 is 9.53 Å². The van der Waals surface area contributed by atoms with E-state index in [0.717, 1.165) is 16.9 Å². The number of hydrogen-bond donors (Lipinski definition) is 2. The van der Waals surface area contributed by atoms with Crippen molar-refractivity contribution in [2.24, 2.45) is 17.4 Å². The van der Waals surface area contributed by atoms with Gasteiger partial charge in [0, 0.05) is 6.04 Å². The van der Waals surface area contributed by atoms with Crippen LogP contribution < -0.4 is 16.2 Å². The molecule has 0 fully saturated rings. The highest BCUT2D eigenvalue weighted by Gasteiger charge is 2.10. The molecular weight excluding hydrogens is 216 g/mol. The van der Waals surface area contributed by atoms with E-state index in [9.17, 15) is 4.79 Å². The second-order valence-corrected chi connectivity index (χ2v) is 4.43. The van der Waals surface area contributed by atoms with E-state index in [4.69, 9.17) is 16.2 Å². The summed E-state index contributed by atoms with van der Waals surface area (Å²) >= 11 is 0. The van der Waals surface area contributed by atoms with Gasteiger partial charge in [0.2, 0.25) is 5.91 Å². The highest BCUT2D eigenvalue weighted by Crippen LogP contribution is 2.22. The second kappa shape index (κ2) is 5.68. The van der Waals surface area contributed by atoms with Crippen LogP contribution in [0.3, 0.4) is 0 Å². The van der Waals surface area contributed by atoms with E-state index in [0.29, 0.717) is 6.61 Å². The van der Waals surface area contributed by atoms with Gasteiger partial charge in [-0.05, 0) is 31.0 Å². The van der Waals surface area contributed by atoms with Crippen LogP contribution in [0.1, 0.15) is 31.0 Å². The summed E-state index contributed by atoms with van der Waals surface area (Å²) in [7, 11) is 0. The van der Waals surface area contributed by atoms with Crippen LogP contribution in [0.5, 0.6) is 5.75 Å². The van der Waals surface area contributed by atoms with Crippen molar-refractivity contribution in [3.8, 4) is 5.75 Å². The Morgan fingerprint density at radius 1 is 1.41 bits per heavy atom.